The lowest BCUT2D eigenvalue weighted by atomic mass is 10.3. The average molecular weight is 320 g/mol. The van der Waals surface area contributed by atoms with Gasteiger partial charge in [0.25, 0.3) is 0 Å². The van der Waals surface area contributed by atoms with Gasteiger partial charge < -0.3 is 15.2 Å². The predicted octanol–water partition coefficient (Wildman–Crippen LogP) is 2.74. The van der Waals surface area contributed by atoms with E-state index in [1.165, 1.54) is 0 Å². The molecule has 1 aromatic carbocycles. The van der Waals surface area contributed by atoms with Gasteiger partial charge in [0, 0.05) is 18.0 Å². The van der Waals surface area contributed by atoms with Gasteiger partial charge in [0.05, 0.1) is 18.1 Å². The second kappa shape index (κ2) is 8.66. The Kier molecular flexibility index (Phi) is 7.18. The Morgan fingerprint density at radius 1 is 1.25 bits per heavy atom. The molecule has 0 fully saturated rings. The lowest BCUT2D eigenvalue weighted by Crippen LogP contribution is -2.26. The van der Waals surface area contributed by atoms with Gasteiger partial charge in [-0.3, -0.25) is 9.59 Å². The summed E-state index contributed by atoms with van der Waals surface area (Å²) >= 11 is 11.7. The Balaban J connectivity index is 2.18. The normalized spacial score (nSPS) is 10.1. The number of amides is 1. The van der Waals surface area contributed by atoms with E-state index >= 15 is 0 Å². The monoisotopic (exact) mass is 319 g/mol. The molecule has 0 unspecified atom stereocenters. The number of carboxylic acid groups (broad SMARTS) is 1. The molecular formula is C13H15Cl2NO4. The maximum absolute atomic E-state index is 11.3. The summed E-state index contributed by atoms with van der Waals surface area (Å²) in [5, 5.41) is 11.9. The largest absolute Gasteiger partial charge is 0.492 e. The molecule has 1 rings (SSSR count). The number of halogens is 2. The number of rotatable bonds is 8. The highest BCUT2D eigenvalue weighted by Crippen LogP contribution is 2.27. The van der Waals surface area contributed by atoms with Gasteiger partial charge in [-0.05, 0) is 24.6 Å². The first-order valence-corrected chi connectivity index (χ1v) is 6.81. The van der Waals surface area contributed by atoms with Crippen molar-refractivity contribution in [1.82, 2.24) is 5.32 Å². The fourth-order valence-corrected chi connectivity index (χ4v) is 1.87. The molecule has 0 saturated carbocycles. The van der Waals surface area contributed by atoms with Crippen molar-refractivity contribution in [2.24, 2.45) is 0 Å². The minimum Gasteiger partial charge on any atom is -0.492 e. The quantitative estimate of drug-likeness (QED) is 0.722. The lowest BCUT2D eigenvalue weighted by Gasteiger charge is -2.08. The Morgan fingerprint density at radius 2 is 2.00 bits per heavy atom. The molecule has 0 radical (unpaired) electrons. The minimum atomic E-state index is -0.939. The highest BCUT2D eigenvalue weighted by Gasteiger charge is 2.05. The van der Waals surface area contributed by atoms with Gasteiger partial charge in [-0.2, -0.15) is 0 Å². The molecule has 0 saturated heterocycles. The summed E-state index contributed by atoms with van der Waals surface area (Å²) in [6.45, 7) is 0.478. The van der Waals surface area contributed by atoms with Crippen molar-refractivity contribution in [2.45, 2.75) is 19.3 Å². The summed E-state index contributed by atoms with van der Waals surface area (Å²) in [5.74, 6) is -0.620. The van der Waals surface area contributed by atoms with Crippen molar-refractivity contribution in [3.8, 4) is 5.75 Å². The van der Waals surface area contributed by atoms with Gasteiger partial charge in [-0.1, -0.05) is 23.2 Å². The zero-order valence-electron chi connectivity index (χ0n) is 10.7. The molecule has 1 aromatic rings. The van der Waals surface area contributed by atoms with Crippen LogP contribution in [0.4, 0.5) is 0 Å². The maximum atomic E-state index is 11.3. The zero-order valence-corrected chi connectivity index (χ0v) is 12.2. The van der Waals surface area contributed by atoms with Crippen LogP contribution >= 0.6 is 23.2 Å². The lowest BCUT2D eigenvalue weighted by molar-refractivity contribution is -0.136. The van der Waals surface area contributed by atoms with Crippen LogP contribution in [0.1, 0.15) is 19.3 Å². The van der Waals surface area contributed by atoms with Crippen LogP contribution in [0.25, 0.3) is 0 Å². The van der Waals surface area contributed by atoms with Crippen molar-refractivity contribution in [3.63, 3.8) is 0 Å². The smallest absolute Gasteiger partial charge is 0.305 e. The molecule has 0 heterocycles. The van der Waals surface area contributed by atoms with Crippen molar-refractivity contribution in [2.75, 3.05) is 13.2 Å². The molecule has 1 amide bonds. The fourth-order valence-electron chi connectivity index (χ4n) is 1.40. The van der Waals surface area contributed by atoms with Crippen LogP contribution in [-0.2, 0) is 9.59 Å². The van der Waals surface area contributed by atoms with E-state index in [-0.39, 0.29) is 25.3 Å². The van der Waals surface area contributed by atoms with Gasteiger partial charge in [0.1, 0.15) is 5.75 Å². The average Bonchev–Trinajstić information content (AvgIpc) is 2.36. The number of benzene rings is 1. The van der Waals surface area contributed by atoms with Crippen LogP contribution in [0.2, 0.25) is 10.0 Å². The number of carbonyl (C=O) groups excluding carboxylic acids is 1. The van der Waals surface area contributed by atoms with E-state index in [0.717, 1.165) is 0 Å². The molecule has 0 bridgehead atoms. The molecule has 0 aliphatic carbocycles. The SMILES string of the molecule is O=C(O)CCNC(=O)CCCOc1ccc(Cl)cc1Cl. The third-order valence-electron chi connectivity index (χ3n) is 2.36. The predicted molar refractivity (Wildman–Crippen MR) is 76.5 cm³/mol. The second-order valence-corrected chi connectivity index (χ2v) is 4.86. The summed E-state index contributed by atoms with van der Waals surface area (Å²) in [6, 6.07) is 4.91. The standard InChI is InChI=1S/C13H15Cl2NO4/c14-9-3-4-11(10(15)8-9)20-7-1-2-12(17)16-6-5-13(18)19/h3-4,8H,1-2,5-7H2,(H,16,17)(H,18,19). The van der Waals surface area contributed by atoms with Crippen molar-refractivity contribution in [3.05, 3.63) is 28.2 Å². The van der Waals surface area contributed by atoms with E-state index in [9.17, 15) is 9.59 Å². The van der Waals surface area contributed by atoms with E-state index in [4.69, 9.17) is 33.0 Å². The number of carbonyl (C=O) groups is 2. The fraction of sp³-hybridized carbons (Fsp3) is 0.385. The van der Waals surface area contributed by atoms with Crippen LogP contribution in [-0.4, -0.2) is 30.1 Å². The number of carboxylic acids is 1. The molecule has 110 valence electrons. The molecule has 20 heavy (non-hydrogen) atoms. The minimum absolute atomic E-state index is 0.0807. The van der Waals surface area contributed by atoms with Gasteiger partial charge in [-0.25, -0.2) is 0 Å². The Morgan fingerprint density at radius 3 is 2.65 bits per heavy atom. The van der Waals surface area contributed by atoms with E-state index in [1.807, 2.05) is 0 Å². The summed E-state index contributed by atoms with van der Waals surface area (Å²) in [4.78, 5) is 21.6. The molecule has 7 heteroatoms. The molecule has 0 spiro atoms. The van der Waals surface area contributed by atoms with Crippen LogP contribution in [0, 0.1) is 0 Å². The van der Waals surface area contributed by atoms with Crippen LogP contribution < -0.4 is 10.1 Å². The topological polar surface area (TPSA) is 75.6 Å². The summed E-state index contributed by atoms with van der Waals surface area (Å²) in [6.07, 6.45) is 0.700. The number of aliphatic carboxylic acids is 1. The molecule has 0 aromatic heterocycles. The van der Waals surface area contributed by atoms with Gasteiger partial charge in [0.15, 0.2) is 0 Å². The molecule has 0 aliphatic rings. The van der Waals surface area contributed by atoms with E-state index in [1.54, 1.807) is 18.2 Å². The number of ether oxygens (including phenoxy) is 1. The van der Waals surface area contributed by atoms with Gasteiger partial charge in [0.2, 0.25) is 5.91 Å². The first-order valence-electron chi connectivity index (χ1n) is 6.05. The summed E-state index contributed by atoms with van der Waals surface area (Å²) < 4.78 is 5.42. The van der Waals surface area contributed by atoms with Gasteiger partial charge >= 0.3 is 5.97 Å². The first-order chi connectivity index (χ1) is 9.49. The maximum Gasteiger partial charge on any atom is 0.305 e. The van der Waals surface area contributed by atoms with Crippen LogP contribution in [0.15, 0.2) is 18.2 Å². The number of hydrogen-bond acceptors (Lipinski definition) is 3. The highest BCUT2D eigenvalue weighted by atomic mass is 35.5. The summed E-state index contributed by atoms with van der Waals surface area (Å²) in [5.41, 5.74) is 0. The van der Waals surface area contributed by atoms with E-state index < -0.39 is 5.97 Å². The van der Waals surface area contributed by atoms with Crippen LogP contribution in [0.3, 0.4) is 0 Å². The third kappa shape index (κ3) is 6.63. The van der Waals surface area contributed by atoms with Crippen molar-refractivity contribution in [1.29, 1.82) is 0 Å². The molecule has 2 N–H and O–H groups in total. The number of hydrogen-bond donors (Lipinski definition) is 2. The highest BCUT2D eigenvalue weighted by molar-refractivity contribution is 6.35. The molecular weight excluding hydrogens is 305 g/mol. The van der Waals surface area contributed by atoms with Gasteiger partial charge in [-0.15, -0.1) is 0 Å². The molecule has 5 nitrogen and oxygen atoms in total. The molecule has 0 aliphatic heterocycles. The third-order valence-corrected chi connectivity index (χ3v) is 2.89. The Labute approximate surface area is 126 Å². The van der Waals surface area contributed by atoms with Crippen molar-refractivity contribution < 1.29 is 19.4 Å². The van der Waals surface area contributed by atoms with E-state index in [0.29, 0.717) is 28.8 Å². The van der Waals surface area contributed by atoms with Crippen LogP contribution in [0.5, 0.6) is 5.75 Å². The Hall–Kier alpha value is -1.46. The van der Waals surface area contributed by atoms with E-state index in [2.05, 4.69) is 5.32 Å². The zero-order chi connectivity index (χ0) is 15.0. The number of nitrogens with one attached hydrogen (secondary N) is 1. The molecule has 0 atom stereocenters. The summed E-state index contributed by atoms with van der Waals surface area (Å²) in [7, 11) is 0. The Bertz CT molecular complexity index is 479. The first kappa shape index (κ1) is 16.6. The van der Waals surface area contributed by atoms with Crippen molar-refractivity contribution >= 4 is 35.1 Å². The second-order valence-electron chi connectivity index (χ2n) is 4.02.